The maximum absolute atomic E-state index is 6.24. The van der Waals surface area contributed by atoms with Crippen LogP contribution in [0.5, 0.6) is 0 Å². The fraction of sp³-hybridized carbons (Fsp3) is 1.00. The Morgan fingerprint density at radius 2 is 1.05 bits per heavy atom. The molecule has 0 spiro atoms. The Morgan fingerprint density at radius 3 is 1.40 bits per heavy atom. The van der Waals surface area contributed by atoms with Crippen molar-refractivity contribution in [1.29, 1.82) is 0 Å². The molecule has 0 aliphatic carbocycles. The topological polar surface area (TPSA) is 61.8 Å². The highest BCUT2D eigenvalue weighted by Gasteiger charge is 2.35. The molecule has 1 aliphatic heterocycles. The Balaban J connectivity index is 3.75. The molecule has 0 N–H and O–H groups in total. The lowest BCUT2D eigenvalue weighted by atomic mass is 12.0. The highest BCUT2D eigenvalue weighted by Crippen LogP contribution is 2.89. The van der Waals surface area contributed by atoms with Crippen LogP contribution in [-0.2, 0) is 0 Å². The minimum Gasteiger partial charge on any atom is -0.199 e. The quantitative estimate of drug-likeness (QED) is 0.314. The first kappa shape index (κ1) is 21.5. The van der Waals surface area contributed by atoms with Gasteiger partial charge in [-0.05, 0) is 58.3 Å². The minimum atomic E-state index is -3.27. The van der Waals surface area contributed by atoms with Crippen molar-refractivity contribution in [1.82, 2.24) is 0 Å². The van der Waals surface area contributed by atoms with Gasteiger partial charge in [0, 0.05) is 0 Å². The highest BCUT2D eigenvalue weighted by atomic mass is 35.9. The molecule has 5 nitrogen and oxygen atoms in total. The molecule has 2 unspecified atom stereocenters. The van der Waals surface area contributed by atoms with Crippen LogP contribution in [0.1, 0.15) is 0 Å². The third-order valence-corrected chi connectivity index (χ3v) is 19.4. The maximum atomic E-state index is 6.24. The summed E-state index contributed by atoms with van der Waals surface area (Å²) in [4.78, 5) is 0. The molecule has 1 heterocycles. The van der Waals surface area contributed by atoms with Gasteiger partial charge in [0.2, 0.25) is 0 Å². The monoisotopic (exact) mass is 535 g/mol. The fourth-order valence-electron chi connectivity index (χ4n) is 0.944. The van der Waals surface area contributed by atoms with Gasteiger partial charge in [-0.2, -0.15) is 22.6 Å². The molecule has 0 aromatic heterocycles. The zero-order valence-corrected chi connectivity index (χ0v) is 20.0. The molecule has 0 aromatic rings. The van der Waals surface area contributed by atoms with E-state index in [1.165, 1.54) is 13.3 Å². The van der Waals surface area contributed by atoms with E-state index in [1.54, 1.807) is 0 Å². The summed E-state index contributed by atoms with van der Waals surface area (Å²) < 4.78 is 20.0. The summed E-state index contributed by atoms with van der Waals surface area (Å²) in [5.41, 5.74) is 0. The second kappa shape index (κ2) is 7.00. The lowest BCUT2D eigenvalue weighted by Crippen LogP contribution is -1.71. The average Bonchev–Trinajstić information content (AvgIpc) is 1.83. The lowest BCUT2D eigenvalue weighted by Gasteiger charge is -2.21. The number of halogens is 8. The Hall–Kier alpha value is 3.47. The molecule has 20 heavy (non-hydrogen) atoms. The van der Waals surface area contributed by atoms with E-state index in [-0.39, 0.29) is 0 Å². The van der Waals surface area contributed by atoms with Crippen molar-refractivity contribution >= 4 is 121 Å². The van der Waals surface area contributed by atoms with Crippen LogP contribution >= 0.6 is 121 Å². The van der Waals surface area contributed by atoms with Crippen LogP contribution in [0.2, 0.25) is 0 Å². The molecule has 2 atom stereocenters. The van der Waals surface area contributed by atoms with Crippen molar-refractivity contribution < 1.29 is 0 Å². The van der Waals surface area contributed by atoms with Gasteiger partial charge in [-0.25, -0.2) is 0 Å². The number of rotatable bonds is 2. The summed E-state index contributed by atoms with van der Waals surface area (Å²) in [6.07, 6.45) is 0. The molecule has 1 aliphatic rings. The summed E-state index contributed by atoms with van der Waals surface area (Å²) in [6.45, 7) is -3.55. The van der Waals surface area contributed by atoms with Crippen molar-refractivity contribution in [3.8, 4) is 0 Å². The first-order valence-corrected chi connectivity index (χ1v) is 20.9. The Labute approximate surface area is 155 Å². The second-order valence-electron chi connectivity index (χ2n) is 3.40. The minimum absolute atomic E-state index is 1.49. The highest BCUT2D eigenvalue weighted by molar-refractivity contribution is 8.21. The summed E-state index contributed by atoms with van der Waals surface area (Å²) in [5, 5.41) is 0. The van der Waals surface area contributed by atoms with E-state index in [0.717, 1.165) is 0 Å². The Bertz CT molecular complexity index is 640. The van der Waals surface area contributed by atoms with Crippen LogP contribution in [0.25, 0.3) is 0 Å². The molecule has 0 fully saturated rings. The van der Waals surface area contributed by atoms with E-state index in [9.17, 15) is 0 Å². The molecular weight excluding hydrogens is 533 g/mol. The van der Waals surface area contributed by atoms with E-state index in [0.29, 0.717) is 0 Å². The van der Waals surface area contributed by atoms with E-state index < -0.39 is 30.8 Å². The predicted octanol–water partition coefficient (Wildman–Crippen LogP) is 11.1. The van der Waals surface area contributed by atoms with Gasteiger partial charge in [0.25, 0.3) is 19.3 Å². The number of hydrogen-bond acceptors (Lipinski definition) is 5. The smallest absolute Gasteiger partial charge is 0.199 e. The molecule has 0 amide bonds. The Morgan fingerprint density at radius 1 is 0.700 bits per heavy atom. The van der Waals surface area contributed by atoms with Gasteiger partial charge >= 0.3 is 0 Å². The molecule has 0 saturated carbocycles. The van der Waals surface area contributed by atoms with Crippen molar-refractivity contribution in [3.05, 3.63) is 0 Å². The van der Waals surface area contributed by atoms with Crippen LogP contribution in [0.4, 0.5) is 0 Å². The van der Waals surface area contributed by atoms with Gasteiger partial charge in [-0.3, -0.25) is 0 Å². The fourth-order valence-corrected chi connectivity index (χ4v) is 26.2. The van der Waals surface area contributed by atoms with Crippen LogP contribution in [0.3, 0.4) is 0 Å². The zero-order chi connectivity index (χ0) is 16.0. The number of nitrogens with zero attached hydrogens (tertiary/aromatic N) is 5. The van der Waals surface area contributed by atoms with E-state index in [2.05, 4.69) is 22.6 Å². The van der Waals surface area contributed by atoms with Gasteiger partial charge in [-0.15, -0.1) is 0 Å². The molecule has 1 rings (SSSR count). The number of hydrogen-bond donors (Lipinski definition) is 0. The van der Waals surface area contributed by atoms with Crippen molar-refractivity contribution in [2.75, 3.05) is 13.3 Å². The largest absolute Gasteiger partial charge is 0.284 e. The van der Waals surface area contributed by atoms with Crippen molar-refractivity contribution in [2.24, 2.45) is 22.6 Å². The Kier molecular flexibility index (Phi) is 7.53. The van der Waals surface area contributed by atoms with Gasteiger partial charge < -0.3 is 0 Å². The summed E-state index contributed by atoms with van der Waals surface area (Å²) in [5.74, 6) is -8.59. The SMILES string of the molecule is CP(Cl)(Cl)=NP1(Cl)=NP(Cl)(Cl)=NP(Cl)(N=P(C)(Cl)Cl)=N1. The van der Waals surface area contributed by atoms with Crippen LogP contribution in [0.15, 0.2) is 22.6 Å². The normalized spacial score (nSPS) is 33.5. The van der Waals surface area contributed by atoms with Crippen LogP contribution in [-0.4, -0.2) is 13.3 Å². The average molecular weight is 539 g/mol. The van der Waals surface area contributed by atoms with Crippen LogP contribution < -0.4 is 0 Å². The third kappa shape index (κ3) is 8.03. The second-order valence-corrected chi connectivity index (χ2v) is 27.9. The summed E-state index contributed by atoms with van der Waals surface area (Å²) in [7, 11) is 0. The van der Waals surface area contributed by atoms with Crippen molar-refractivity contribution in [2.45, 2.75) is 0 Å². The van der Waals surface area contributed by atoms with E-state index in [1.807, 2.05) is 0 Å². The standard InChI is InChI=1S/C2H6Cl8N5P5/c1-16(3,4)11-19(9)13-18(7,8)14-20(10,15-19)12-17(2,5)6/h1-2H3. The lowest BCUT2D eigenvalue weighted by molar-refractivity contribution is 1.66. The molecule has 0 saturated heterocycles. The molecule has 18 heteroatoms. The van der Waals surface area contributed by atoms with Crippen molar-refractivity contribution in [3.63, 3.8) is 0 Å². The van der Waals surface area contributed by atoms with Gasteiger partial charge in [0.15, 0.2) is 0 Å². The molecule has 0 bridgehead atoms. The van der Waals surface area contributed by atoms with Gasteiger partial charge in [0.1, 0.15) is 11.5 Å². The predicted molar refractivity (Wildman–Crippen MR) is 105 cm³/mol. The molecule has 120 valence electrons. The summed E-state index contributed by atoms with van der Waals surface area (Å²) in [6, 6.07) is 0. The van der Waals surface area contributed by atoms with Gasteiger partial charge in [-0.1, -0.05) is 45.0 Å². The van der Waals surface area contributed by atoms with Crippen LogP contribution in [0, 0.1) is 0 Å². The third-order valence-electron chi connectivity index (χ3n) is 1.21. The molecule has 0 radical (unpaired) electrons. The van der Waals surface area contributed by atoms with E-state index >= 15 is 0 Å². The summed E-state index contributed by atoms with van der Waals surface area (Å²) >= 11 is 48.1. The first-order valence-electron chi connectivity index (χ1n) is 4.25. The maximum Gasteiger partial charge on any atom is 0.284 e. The molecule has 0 aromatic carbocycles. The first-order chi connectivity index (χ1) is 8.54. The van der Waals surface area contributed by atoms with E-state index in [4.69, 9.17) is 89.9 Å². The molecular formula is C2H6Cl8N5P5. The zero-order valence-electron chi connectivity index (χ0n) is 9.50. The van der Waals surface area contributed by atoms with Gasteiger partial charge in [0.05, 0.1) is 0 Å².